The Morgan fingerprint density at radius 2 is 2.22 bits per heavy atom. The van der Waals surface area contributed by atoms with Gasteiger partial charge in [-0.05, 0) is 12.3 Å². The van der Waals surface area contributed by atoms with Gasteiger partial charge < -0.3 is 20.5 Å². The number of hydrogen-bond donors (Lipinski definition) is 2. The van der Waals surface area contributed by atoms with Crippen LogP contribution in [0.25, 0.3) is 0 Å². The first-order chi connectivity index (χ1) is 8.40. The number of ether oxygens (including phenoxy) is 2. The summed E-state index contributed by atoms with van der Waals surface area (Å²) in [5.41, 5.74) is 4.91. The minimum atomic E-state index is -1.01. The Morgan fingerprint density at radius 3 is 2.67 bits per heavy atom. The molecule has 7 nitrogen and oxygen atoms in total. The first-order valence-electron chi connectivity index (χ1n) is 5.83. The van der Waals surface area contributed by atoms with Crippen LogP contribution in [0.15, 0.2) is 0 Å². The quantitative estimate of drug-likeness (QED) is 0.671. The molecule has 7 heteroatoms. The maximum absolute atomic E-state index is 11.9. The summed E-state index contributed by atoms with van der Waals surface area (Å²) in [5, 5.41) is 2.49. The molecular weight excluding hydrogens is 240 g/mol. The molecule has 1 saturated heterocycles. The molecule has 1 aliphatic heterocycles. The fraction of sp³-hybridized carbons (Fsp3) is 0.727. The van der Waals surface area contributed by atoms with Gasteiger partial charge in [0.1, 0.15) is 6.04 Å². The van der Waals surface area contributed by atoms with Crippen molar-refractivity contribution in [2.24, 2.45) is 11.7 Å². The lowest BCUT2D eigenvalue weighted by atomic mass is 10.0. The number of rotatable bonds is 5. The van der Waals surface area contributed by atoms with E-state index >= 15 is 0 Å². The number of esters is 1. The van der Waals surface area contributed by atoms with Gasteiger partial charge in [-0.25, -0.2) is 9.59 Å². The number of carbonyl (C=O) groups is 3. The minimum Gasteiger partial charge on any atom is -0.464 e. The fourth-order valence-electron chi connectivity index (χ4n) is 1.67. The molecule has 0 saturated carbocycles. The van der Waals surface area contributed by atoms with Crippen molar-refractivity contribution in [2.45, 2.75) is 38.8 Å². The predicted octanol–water partition coefficient (Wildman–Crippen LogP) is -0.0719. The third kappa shape index (κ3) is 4.23. The smallest absolute Gasteiger partial charge is 0.405 e. The van der Waals surface area contributed by atoms with Gasteiger partial charge >= 0.3 is 12.1 Å². The van der Waals surface area contributed by atoms with Crippen molar-refractivity contribution in [3.05, 3.63) is 0 Å². The molecule has 1 fully saturated rings. The highest BCUT2D eigenvalue weighted by Crippen LogP contribution is 2.11. The number of amides is 2. The van der Waals surface area contributed by atoms with Crippen molar-refractivity contribution in [1.82, 2.24) is 5.32 Å². The topological polar surface area (TPSA) is 108 Å². The lowest BCUT2D eigenvalue weighted by Gasteiger charge is -2.19. The van der Waals surface area contributed by atoms with Crippen LogP contribution in [-0.4, -0.2) is 36.7 Å². The van der Waals surface area contributed by atoms with Crippen LogP contribution in [-0.2, 0) is 19.1 Å². The number of nitrogens with one attached hydrogen (secondary N) is 1. The Morgan fingerprint density at radius 1 is 1.56 bits per heavy atom. The first-order valence-corrected chi connectivity index (χ1v) is 5.83. The van der Waals surface area contributed by atoms with E-state index in [1.807, 2.05) is 13.8 Å². The van der Waals surface area contributed by atoms with E-state index in [0.717, 1.165) is 0 Å². The molecule has 0 aromatic carbocycles. The number of hydrogen-bond acceptors (Lipinski definition) is 5. The summed E-state index contributed by atoms with van der Waals surface area (Å²) in [7, 11) is 0. The van der Waals surface area contributed by atoms with Crippen LogP contribution in [0, 0.1) is 5.92 Å². The molecule has 2 amide bonds. The number of cyclic esters (lactones) is 1. The van der Waals surface area contributed by atoms with Gasteiger partial charge in [-0.2, -0.15) is 0 Å². The zero-order valence-corrected chi connectivity index (χ0v) is 10.5. The van der Waals surface area contributed by atoms with Crippen LogP contribution in [0.2, 0.25) is 0 Å². The number of nitrogens with two attached hydrogens (primary N) is 1. The molecule has 1 heterocycles. The summed E-state index contributed by atoms with van der Waals surface area (Å²) in [4.78, 5) is 33.8. The molecule has 2 atom stereocenters. The lowest BCUT2D eigenvalue weighted by molar-refractivity contribution is -0.142. The van der Waals surface area contributed by atoms with Crippen LogP contribution >= 0.6 is 0 Å². The van der Waals surface area contributed by atoms with Crippen LogP contribution in [0.4, 0.5) is 4.79 Å². The molecule has 0 spiro atoms. The van der Waals surface area contributed by atoms with E-state index in [4.69, 9.17) is 15.2 Å². The van der Waals surface area contributed by atoms with Gasteiger partial charge in [0.05, 0.1) is 6.61 Å². The van der Waals surface area contributed by atoms with Gasteiger partial charge in [-0.1, -0.05) is 13.8 Å². The van der Waals surface area contributed by atoms with E-state index in [1.54, 1.807) is 0 Å². The zero-order chi connectivity index (χ0) is 13.7. The SMILES string of the molecule is CC(C)CC(OC(N)=O)C(=O)N[C@@H]1CCOC1=O. The normalized spacial score (nSPS) is 20.4. The van der Waals surface area contributed by atoms with Gasteiger partial charge in [0.25, 0.3) is 5.91 Å². The van der Waals surface area contributed by atoms with Gasteiger partial charge in [-0.15, -0.1) is 0 Å². The van der Waals surface area contributed by atoms with Crippen molar-refractivity contribution in [3.63, 3.8) is 0 Å². The maximum Gasteiger partial charge on any atom is 0.405 e. The van der Waals surface area contributed by atoms with E-state index < -0.39 is 30.1 Å². The minimum absolute atomic E-state index is 0.149. The van der Waals surface area contributed by atoms with Crippen molar-refractivity contribution in [2.75, 3.05) is 6.61 Å². The molecule has 0 aromatic heterocycles. The van der Waals surface area contributed by atoms with E-state index in [0.29, 0.717) is 12.8 Å². The molecule has 1 unspecified atom stereocenters. The predicted molar refractivity (Wildman–Crippen MR) is 61.4 cm³/mol. The molecule has 18 heavy (non-hydrogen) atoms. The second-order valence-corrected chi connectivity index (χ2v) is 4.57. The van der Waals surface area contributed by atoms with Crippen molar-refractivity contribution in [3.8, 4) is 0 Å². The number of carbonyl (C=O) groups excluding carboxylic acids is 3. The molecule has 1 aliphatic rings. The molecule has 3 N–H and O–H groups in total. The second kappa shape index (κ2) is 6.23. The third-order valence-electron chi connectivity index (χ3n) is 2.49. The van der Waals surface area contributed by atoms with Gasteiger partial charge in [0, 0.05) is 6.42 Å². The zero-order valence-electron chi connectivity index (χ0n) is 10.5. The largest absolute Gasteiger partial charge is 0.464 e. The average Bonchev–Trinajstić information content (AvgIpc) is 2.62. The van der Waals surface area contributed by atoms with E-state index in [9.17, 15) is 14.4 Å². The Balaban J connectivity index is 2.57. The summed E-state index contributed by atoms with van der Waals surface area (Å²) in [6.45, 7) is 4.05. The first kappa shape index (κ1) is 14.3. The highest BCUT2D eigenvalue weighted by atomic mass is 16.6. The Hall–Kier alpha value is -1.79. The highest BCUT2D eigenvalue weighted by Gasteiger charge is 2.32. The lowest BCUT2D eigenvalue weighted by Crippen LogP contribution is -2.46. The monoisotopic (exact) mass is 258 g/mol. The standard InChI is InChI=1S/C11H18N2O5/c1-6(2)5-8(18-11(12)16)9(14)13-7-3-4-17-10(7)15/h6-8H,3-5H2,1-2H3,(H2,12,16)(H,13,14)/t7-,8?/m1/s1. The van der Waals surface area contributed by atoms with Gasteiger partial charge in [-0.3, -0.25) is 4.79 Å². The summed E-state index contributed by atoms with van der Waals surface area (Å²) < 4.78 is 9.47. The molecule has 0 radical (unpaired) electrons. The van der Waals surface area contributed by atoms with Crippen LogP contribution < -0.4 is 11.1 Å². The van der Waals surface area contributed by atoms with Gasteiger partial charge in [0.2, 0.25) is 0 Å². The second-order valence-electron chi connectivity index (χ2n) is 4.57. The summed E-state index contributed by atoms with van der Waals surface area (Å²) >= 11 is 0. The Bertz CT molecular complexity index is 342. The van der Waals surface area contributed by atoms with Crippen LogP contribution in [0.5, 0.6) is 0 Å². The molecule has 0 aliphatic carbocycles. The van der Waals surface area contributed by atoms with Crippen molar-refractivity contribution in [1.29, 1.82) is 0 Å². The number of primary amides is 1. The average molecular weight is 258 g/mol. The highest BCUT2D eigenvalue weighted by molar-refractivity contribution is 5.88. The van der Waals surface area contributed by atoms with Crippen LogP contribution in [0.1, 0.15) is 26.7 Å². The van der Waals surface area contributed by atoms with E-state index in [1.165, 1.54) is 0 Å². The summed E-state index contributed by atoms with van der Waals surface area (Å²) in [6, 6.07) is -0.663. The molecule has 0 aromatic rings. The third-order valence-corrected chi connectivity index (χ3v) is 2.49. The summed E-state index contributed by atoms with van der Waals surface area (Å²) in [6.07, 6.45) is -1.22. The molecule has 102 valence electrons. The Kier molecular flexibility index (Phi) is 4.94. The van der Waals surface area contributed by atoms with E-state index in [-0.39, 0.29) is 12.5 Å². The van der Waals surface area contributed by atoms with Crippen molar-refractivity contribution < 1.29 is 23.9 Å². The van der Waals surface area contributed by atoms with E-state index in [2.05, 4.69) is 5.32 Å². The fourth-order valence-corrected chi connectivity index (χ4v) is 1.67. The van der Waals surface area contributed by atoms with Crippen molar-refractivity contribution >= 4 is 18.0 Å². The maximum atomic E-state index is 11.9. The molecular formula is C11H18N2O5. The molecule has 1 rings (SSSR count). The van der Waals surface area contributed by atoms with Gasteiger partial charge in [0.15, 0.2) is 6.10 Å². The van der Waals surface area contributed by atoms with Crippen LogP contribution in [0.3, 0.4) is 0 Å². The summed E-state index contributed by atoms with van der Waals surface area (Å²) in [5.74, 6) is -0.840. The Labute approximate surface area is 105 Å². The molecule has 0 bridgehead atoms.